The van der Waals surface area contributed by atoms with Gasteiger partial charge in [-0.15, -0.1) is 5.10 Å². The Bertz CT molecular complexity index is 1320. The number of rotatable bonds is 7. The number of carbonyl (C=O) groups is 2. The Morgan fingerprint density at radius 1 is 1.24 bits per heavy atom. The van der Waals surface area contributed by atoms with Gasteiger partial charge in [-0.3, -0.25) is 9.59 Å². The maximum Gasteiger partial charge on any atom is 0.317 e. The second-order valence-corrected chi connectivity index (χ2v) is 11.1. The van der Waals surface area contributed by atoms with Crippen LogP contribution in [0.2, 0.25) is 0 Å². The molecule has 9 heteroatoms. The summed E-state index contributed by atoms with van der Waals surface area (Å²) < 4.78 is 22.4. The first-order chi connectivity index (χ1) is 17.5. The fourth-order valence-corrected chi connectivity index (χ4v) is 5.83. The SMILES string of the molecule is Cc1cnc2nc(CC3C(=O)CC(CCc4ccc(C(C)(C)O)c(F)c4)(C4CCCC4)OC3=O)nn2c1. The van der Waals surface area contributed by atoms with E-state index in [2.05, 4.69) is 15.1 Å². The lowest BCUT2D eigenvalue weighted by molar-refractivity contribution is -0.185. The minimum atomic E-state index is -1.28. The van der Waals surface area contributed by atoms with Crippen molar-refractivity contribution >= 4 is 17.5 Å². The molecule has 0 radical (unpaired) electrons. The zero-order valence-corrected chi connectivity index (χ0v) is 21.5. The van der Waals surface area contributed by atoms with Crippen molar-refractivity contribution in [3.63, 3.8) is 0 Å². The fraction of sp³-hybridized carbons (Fsp3) is 0.536. The third-order valence-corrected chi connectivity index (χ3v) is 7.83. The van der Waals surface area contributed by atoms with Crippen molar-refractivity contribution in [1.29, 1.82) is 0 Å². The Kier molecular flexibility index (Phi) is 6.60. The van der Waals surface area contributed by atoms with E-state index in [0.29, 0.717) is 24.4 Å². The maximum atomic E-state index is 14.7. The van der Waals surface area contributed by atoms with Crippen LogP contribution in [0.25, 0.3) is 5.78 Å². The number of ether oxygens (including phenoxy) is 1. The molecule has 5 rings (SSSR count). The molecule has 0 bridgehead atoms. The van der Waals surface area contributed by atoms with Crippen LogP contribution in [0.1, 0.15) is 74.9 Å². The minimum absolute atomic E-state index is 0.0738. The number of ketones is 1. The molecule has 2 fully saturated rings. The van der Waals surface area contributed by atoms with Crippen molar-refractivity contribution in [3.05, 3.63) is 58.9 Å². The highest BCUT2D eigenvalue weighted by Crippen LogP contribution is 2.45. The van der Waals surface area contributed by atoms with Gasteiger partial charge in [0.2, 0.25) is 0 Å². The third kappa shape index (κ3) is 5.14. The summed E-state index contributed by atoms with van der Waals surface area (Å²) in [6.07, 6.45) is 8.47. The topological polar surface area (TPSA) is 107 Å². The molecule has 0 amide bonds. The lowest BCUT2D eigenvalue weighted by atomic mass is 9.73. The molecule has 37 heavy (non-hydrogen) atoms. The van der Waals surface area contributed by atoms with Crippen LogP contribution in [0.15, 0.2) is 30.6 Å². The van der Waals surface area contributed by atoms with Crippen molar-refractivity contribution in [1.82, 2.24) is 19.6 Å². The standard InChI is InChI=1S/C28H33FN4O4/c1-17-15-30-26-31-24(32-33(26)16-17)13-20-23(34)14-28(37-25(20)35,19-6-4-5-7-19)11-10-18-8-9-21(22(29)12-18)27(2,3)36/h8-9,12,15-16,19-20,36H,4-7,10-11,13-14H2,1-3H3. The molecule has 2 unspecified atom stereocenters. The number of aryl methyl sites for hydroxylation is 2. The maximum absolute atomic E-state index is 14.7. The van der Waals surface area contributed by atoms with Crippen LogP contribution in [0.3, 0.4) is 0 Å². The monoisotopic (exact) mass is 508 g/mol. The molecule has 8 nitrogen and oxygen atoms in total. The molecule has 3 heterocycles. The minimum Gasteiger partial charge on any atom is -0.458 e. The Hall–Kier alpha value is -3.20. The highest BCUT2D eigenvalue weighted by molar-refractivity contribution is 6.01. The number of Topliss-reactive ketones (excluding diaryl/α,β-unsaturated/α-hetero) is 1. The van der Waals surface area contributed by atoms with Crippen LogP contribution in [-0.4, -0.2) is 42.0 Å². The number of benzene rings is 1. The molecular formula is C28H33FN4O4. The van der Waals surface area contributed by atoms with Crippen LogP contribution in [-0.2, 0) is 32.8 Å². The first kappa shape index (κ1) is 25.4. The van der Waals surface area contributed by atoms with Gasteiger partial charge in [0.25, 0.3) is 5.78 Å². The normalized spacial score (nSPS) is 23.1. The zero-order valence-electron chi connectivity index (χ0n) is 21.5. The number of hydrogen-bond acceptors (Lipinski definition) is 7. The van der Waals surface area contributed by atoms with Gasteiger partial charge in [-0.25, -0.2) is 13.9 Å². The van der Waals surface area contributed by atoms with E-state index in [1.165, 1.54) is 6.07 Å². The molecule has 2 aromatic heterocycles. The van der Waals surface area contributed by atoms with Crippen LogP contribution in [0.5, 0.6) is 0 Å². The van der Waals surface area contributed by atoms with E-state index in [0.717, 1.165) is 36.8 Å². The molecule has 1 aliphatic heterocycles. The molecule has 1 saturated heterocycles. The van der Waals surface area contributed by atoms with E-state index in [9.17, 15) is 19.1 Å². The molecule has 1 aliphatic carbocycles. The van der Waals surface area contributed by atoms with Crippen molar-refractivity contribution in [2.24, 2.45) is 11.8 Å². The van der Waals surface area contributed by atoms with Crippen molar-refractivity contribution in [2.45, 2.75) is 83.3 Å². The van der Waals surface area contributed by atoms with Gasteiger partial charge in [0.15, 0.2) is 11.6 Å². The van der Waals surface area contributed by atoms with Gasteiger partial charge >= 0.3 is 5.97 Å². The van der Waals surface area contributed by atoms with Gasteiger partial charge < -0.3 is 9.84 Å². The first-order valence-corrected chi connectivity index (χ1v) is 13.0. The summed E-state index contributed by atoms with van der Waals surface area (Å²) in [5, 5.41) is 14.6. The van der Waals surface area contributed by atoms with E-state index >= 15 is 0 Å². The number of cyclic esters (lactones) is 1. The molecule has 1 aromatic carbocycles. The average Bonchev–Trinajstić information content (AvgIpc) is 3.49. The van der Waals surface area contributed by atoms with E-state index in [1.807, 2.05) is 6.92 Å². The summed E-state index contributed by atoms with van der Waals surface area (Å²) in [5.74, 6) is -1.21. The second-order valence-electron chi connectivity index (χ2n) is 11.1. The smallest absolute Gasteiger partial charge is 0.317 e. The summed E-state index contributed by atoms with van der Waals surface area (Å²) in [4.78, 5) is 35.3. The predicted octanol–water partition coefficient (Wildman–Crippen LogP) is 4.04. The molecule has 3 aromatic rings. The number of nitrogens with zero attached hydrogens (tertiary/aromatic N) is 4. The lowest BCUT2D eigenvalue weighted by Gasteiger charge is -2.43. The fourth-order valence-electron chi connectivity index (χ4n) is 5.83. The highest BCUT2D eigenvalue weighted by atomic mass is 19.1. The summed E-state index contributed by atoms with van der Waals surface area (Å²) in [6.45, 7) is 4.99. The van der Waals surface area contributed by atoms with Gasteiger partial charge in [-0.05, 0) is 69.6 Å². The molecule has 2 aliphatic rings. The van der Waals surface area contributed by atoms with Gasteiger partial charge in [0.05, 0.1) is 5.60 Å². The number of halogens is 1. The molecule has 0 spiro atoms. The van der Waals surface area contributed by atoms with E-state index < -0.39 is 28.9 Å². The second kappa shape index (κ2) is 9.59. The largest absolute Gasteiger partial charge is 0.458 e. The van der Waals surface area contributed by atoms with Gasteiger partial charge in [-0.2, -0.15) is 4.98 Å². The molecular weight excluding hydrogens is 475 g/mol. The number of fused-ring (bicyclic) bond motifs is 1. The molecule has 1 saturated carbocycles. The van der Waals surface area contributed by atoms with Gasteiger partial charge in [-0.1, -0.05) is 25.0 Å². The van der Waals surface area contributed by atoms with Gasteiger partial charge in [0, 0.05) is 30.8 Å². The summed E-state index contributed by atoms with van der Waals surface area (Å²) in [7, 11) is 0. The number of aromatic nitrogens is 4. The average molecular weight is 509 g/mol. The Labute approximate surface area is 215 Å². The summed E-state index contributed by atoms with van der Waals surface area (Å²) in [6, 6.07) is 4.81. The van der Waals surface area contributed by atoms with Crippen molar-refractivity contribution in [3.8, 4) is 0 Å². The van der Waals surface area contributed by atoms with E-state index in [4.69, 9.17) is 4.74 Å². The Balaban J connectivity index is 1.34. The zero-order chi connectivity index (χ0) is 26.4. The summed E-state index contributed by atoms with van der Waals surface area (Å²) in [5.41, 5.74) is -0.274. The van der Waals surface area contributed by atoms with Crippen LogP contribution >= 0.6 is 0 Å². The number of hydrogen-bond donors (Lipinski definition) is 1. The predicted molar refractivity (Wildman–Crippen MR) is 133 cm³/mol. The van der Waals surface area contributed by atoms with E-state index in [1.54, 1.807) is 42.9 Å². The number of aliphatic hydroxyl groups is 1. The van der Waals surface area contributed by atoms with Gasteiger partial charge in [0.1, 0.15) is 17.3 Å². The van der Waals surface area contributed by atoms with Crippen molar-refractivity contribution < 1.29 is 23.8 Å². The van der Waals surface area contributed by atoms with E-state index in [-0.39, 0.29) is 30.1 Å². The molecule has 2 atom stereocenters. The Morgan fingerprint density at radius 3 is 2.68 bits per heavy atom. The van der Waals surface area contributed by atoms with Crippen LogP contribution < -0.4 is 0 Å². The Morgan fingerprint density at radius 2 is 2.00 bits per heavy atom. The quantitative estimate of drug-likeness (QED) is 0.379. The first-order valence-electron chi connectivity index (χ1n) is 13.0. The molecule has 196 valence electrons. The lowest BCUT2D eigenvalue weighted by Crippen LogP contribution is -2.52. The highest BCUT2D eigenvalue weighted by Gasteiger charge is 2.51. The molecule has 1 N–H and O–H groups in total. The van der Waals surface area contributed by atoms with Crippen LogP contribution in [0.4, 0.5) is 4.39 Å². The third-order valence-electron chi connectivity index (χ3n) is 7.83. The number of esters is 1. The van der Waals surface area contributed by atoms with Crippen LogP contribution in [0, 0.1) is 24.6 Å². The van der Waals surface area contributed by atoms with Crippen molar-refractivity contribution in [2.75, 3.05) is 0 Å². The number of carbonyl (C=O) groups excluding carboxylic acids is 2. The summed E-state index contributed by atoms with van der Waals surface area (Å²) >= 11 is 0.